The van der Waals surface area contributed by atoms with Crippen molar-refractivity contribution >= 4 is 46.1 Å². The molecule has 1 aliphatic carbocycles. The topological polar surface area (TPSA) is 97.4 Å². The molecule has 1 saturated carbocycles. The number of thiazole rings is 1. The Balaban J connectivity index is 1.24. The summed E-state index contributed by atoms with van der Waals surface area (Å²) >= 11 is 3.05. The third-order valence-electron chi connectivity index (χ3n) is 4.29. The predicted octanol–water partition coefficient (Wildman–Crippen LogP) is 3.49. The predicted molar refractivity (Wildman–Crippen MR) is 116 cm³/mol. The van der Waals surface area contributed by atoms with Gasteiger partial charge in [0.05, 0.1) is 17.0 Å². The lowest BCUT2D eigenvalue weighted by Gasteiger charge is -2.08. The Morgan fingerprint density at radius 2 is 2.00 bits per heavy atom. The Kier molecular flexibility index (Phi) is 6.20. The largest absolute Gasteiger partial charge is 0.455 e. The molecule has 2 N–H and O–H groups in total. The Bertz CT molecular complexity index is 1060. The number of hydrogen-bond acceptors (Lipinski definition) is 7. The van der Waals surface area contributed by atoms with E-state index in [0.717, 1.165) is 22.7 Å². The van der Waals surface area contributed by atoms with E-state index in [2.05, 4.69) is 15.6 Å². The molecular weight excluding hydrogens is 422 g/mol. The molecule has 1 aromatic carbocycles. The van der Waals surface area contributed by atoms with Crippen molar-refractivity contribution in [3.63, 3.8) is 0 Å². The average molecular weight is 442 g/mol. The summed E-state index contributed by atoms with van der Waals surface area (Å²) in [5, 5.41) is 10.2. The minimum atomic E-state index is -0.522. The van der Waals surface area contributed by atoms with Gasteiger partial charge in [0.25, 0.3) is 11.8 Å². The Hall–Kier alpha value is -3.04. The molecule has 7 nitrogen and oxygen atoms in total. The van der Waals surface area contributed by atoms with Gasteiger partial charge in [0.2, 0.25) is 0 Å². The van der Waals surface area contributed by atoms with Crippen molar-refractivity contribution in [1.82, 2.24) is 10.3 Å². The van der Waals surface area contributed by atoms with Crippen LogP contribution in [0.15, 0.2) is 47.2 Å². The summed E-state index contributed by atoms with van der Waals surface area (Å²) in [6.07, 6.45) is 2.01. The standard InChI is InChI=1S/C21H19N3O4S2/c25-18(22-15-4-1-3-13(9-15)20(27)23-14-6-7-14)11-28-19(26)10-16-12-30-21(24-16)17-5-2-8-29-17/h1-5,8-9,12,14H,6-7,10-11H2,(H,22,25)(H,23,27). The third kappa shape index (κ3) is 5.52. The van der Waals surface area contributed by atoms with Crippen LogP contribution in [0.2, 0.25) is 0 Å². The molecule has 1 aliphatic rings. The van der Waals surface area contributed by atoms with Gasteiger partial charge in [-0.15, -0.1) is 22.7 Å². The molecule has 0 radical (unpaired) electrons. The van der Waals surface area contributed by atoms with Gasteiger partial charge >= 0.3 is 5.97 Å². The fraction of sp³-hybridized carbons (Fsp3) is 0.238. The highest BCUT2D eigenvalue weighted by Crippen LogP contribution is 2.28. The maximum absolute atomic E-state index is 12.1. The maximum atomic E-state index is 12.1. The summed E-state index contributed by atoms with van der Waals surface area (Å²) in [5.74, 6) is -1.16. The number of amides is 2. The molecule has 2 amide bonds. The van der Waals surface area contributed by atoms with Crippen LogP contribution in [0.5, 0.6) is 0 Å². The lowest BCUT2D eigenvalue weighted by Crippen LogP contribution is -2.25. The van der Waals surface area contributed by atoms with Crippen LogP contribution < -0.4 is 10.6 Å². The van der Waals surface area contributed by atoms with E-state index in [9.17, 15) is 14.4 Å². The molecule has 30 heavy (non-hydrogen) atoms. The summed E-state index contributed by atoms with van der Waals surface area (Å²) < 4.78 is 5.06. The first-order valence-electron chi connectivity index (χ1n) is 9.41. The van der Waals surface area contributed by atoms with Crippen molar-refractivity contribution < 1.29 is 19.1 Å². The van der Waals surface area contributed by atoms with Crippen molar-refractivity contribution in [3.05, 3.63) is 58.4 Å². The second-order valence-corrected chi connectivity index (χ2v) is 8.64. The zero-order valence-electron chi connectivity index (χ0n) is 15.9. The van der Waals surface area contributed by atoms with Crippen LogP contribution in [0.1, 0.15) is 28.9 Å². The Morgan fingerprint density at radius 3 is 2.77 bits per heavy atom. The van der Waals surface area contributed by atoms with Crippen molar-refractivity contribution in [1.29, 1.82) is 0 Å². The van der Waals surface area contributed by atoms with E-state index in [-0.39, 0.29) is 18.4 Å². The number of hydrogen-bond donors (Lipinski definition) is 2. The number of ether oxygens (including phenoxy) is 1. The van der Waals surface area contributed by atoms with E-state index < -0.39 is 18.5 Å². The minimum Gasteiger partial charge on any atom is -0.455 e. The van der Waals surface area contributed by atoms with Gasteiger partial charge in [-0.2, -0.15) is 0 Å². The molecule has 0 saturated heterocycles. The van der Waals surface area contributed by atoms with E-state index in [1.165, 1.54) is 11.3 Å². The van der Waals surface area contributed by atoms with Crippen molar-refractivity contribution in [2.24, 2.45) is 0 Å². The number of nitrogens with zero attached hydrogens (tertiary/aromatic N) is 1. The molecule has 0 spiro atoms. The molecule has 0 atom stereocenters. The normalized spacial score (nSPS) is 12.9. The van der Waals surface area contributed by atoms with Gasteiger partial charge in [-0.1, -0.05) is 12.1 Å². The zero-order valence-corrected chi connectivity index (χ0v) is 17.6. The van der Waals surface area contributed by atoms with Crippen molar-refractivity contribution in [2.45, 2.75) is 25.3 Å². The van der Waals surface area contributed by atoms with E-state index in [1.807, 2.05) is 22.9 Å². The number of nitrogens with one attached hydrogen (secondary N) is 2. The quantitative estimate of drug-likeness (QED) is 0.522. The Morgan fingerprint density at radius 1 is 1.13 bits per heavy atom. The summed E-state index contributed by atoms with van der Waals surface area (Å²) in [5.41, 5.74) is 1.56. The molecule has 1 fully saturated rings. The number of rotatable bonds is 8. The molecule has 2 heterocycles. The highest BCUT2D eigenvalue weighted by atomic mass is 32.1. The first-order valence-corrected chi connectivity index (χ1v) is 11.2. The first kappa shape index (κ1) is 20.2. The second kappa shape index (κ2) is 9.19. The molecule has 0 aliphatic heterocycles. The SMILES string of the molecule is O=C(COC(=O)Cc1csc(-c2cccs2)n1)Nc1cccc(C(=O)NC2CC2)c1. The summed E-state index contributed by atoms with van der Waals surface area (Å²) in [6.45, 7) is -0.404. The van der Waals surface area contributed by atoms with Gasteiger partial charge in [0, 0.05) is 22.7 Å². The number of carbonyl (C=O) groups is 3. The number of esters is 1. The van der Waals surface area contributed by atoms with E-state index in [4.69, 9.17) is 4.74 Å². The molecule has 0 bridgehead atoms. The molecule has 0 unspecified atom stereocenters. The molecule has 2 aromatic heterocycles. The Labute approximate surface area is 181 Å². The molecule has 9 heteroatoms. The number of carbonyl (C=O) groups excluding carboxylic acids is 3. The van der Waals surface area contributed by atoms with E-state index in [0.29, 0.717) is 16.9 Å². The number of aromatic nitrogens is 1. The average Bonchev–Trinajstić information content (AvgIpc) is 3.18. The summed E-state index contributed by atoms with van der Waals surface area (Å²) in [7, 11) is 0. The van der Waals surface area contributed by atoms with Gasteiger partial charge in [0.1, 0.15) is 5.01 Å². The van der Waals surface area contributed by atoms with Crippen LogP contribution in [0, 0.1) is 0 Å². The highest BCUT2D eigenvalue weighted by Gasteiger charge is 2.23. The monoisotopic (exact) mass is 441 g/mol. The van der Waals surface area contributed by atoms with Gasteiger partial charge < -0.3 is 15.4 Å². The van der Waals surface area contributed by atoms with Crippen LogP contribution in [0.4, 0.5) is 5.69 Å². The molecule has 3 aromatic rings. The third-order valence-corrected chi connectivity index (χ3v) is 6.22. The van der Waals surface area contributed by atoms with Crippen molar-refractivity contribution in [2.75, 3.05) is 11.9 Å². The second-order valence-electron chi connectivity index (χ2n) is 6.84. The van der Waals surface area contributed by atoms with E-state index >= 15 is 0 Å². The van der Waals surface area contributed by atoms with Gasteiger partial charge in [0.15, 0.2) is 6.61 Å². The van der Waals surface area contributed by atoms with Gasteiger partial charge in [-0.25, -0.2) is 4.98 Å². The van der Waals surface area contributed by atoms with Gasteiger partial charge in [-0.3, -0.25) is 14.4 Å². The van der Waals surface area contributed by atoms with E-state index in [1.54, 1.807) is 35.6 Å². The van der Waals surface area contributed by atoms with Crippen LogP contribution in [0.3, 0.4) is 0 Å². The molecule has 154 valence electrons. The minimum absolute atomic E-state index is 0.00593. The maximum Gasteiger partial charge on any atom is 0.312 e. The number of benzene rings is 1. The number of thiophene rings is 1. The summed E-state index contributed by atoms with van der Waals surface area (Å²) in [6, 6.07) is 10.8. The van der Waals surface area contributed by atoms with Crippen LogP contribution in [-0.2, 0) is 20.7 Å². The van der Waals surface area contributed by atoms with Crippen LogP contribution in [-0.4, -0.2) is 35.4 Å². The van der Waals surface area contributed by atoms with Crippen LogP contribution >= 0.6 is 22.7 Å². The zero-order chi connectivity index (χ0) is 20.9. The number of anilines is 1. The van der Waals surface area contributed by atoms with Crippen LogP contribution in [0.25, 0.3) is 9.88 Å². The van der Waals surface area contributed by atoms with Gasteiger partial charge in [-0.05, 0) is 42.5 Å². The molecule has 4 rings (SSSR count). The summed E-state index contributed by atoms with van der Waals surface area (Å²) in [4.78, 5) is 41.7. The smallest absolute Gasteiger partial charge is 0.312 e. The highest BCUT2D eigenvalue weighted by molar-refractivity contribution is 7.20. The molecular formula is C21H19N3O4S2. The fourth-order valence-corrected chi connectivity index (χ4v) is 4.31. The van der Waals surface area contributed by atoms with Crippen molar-refractivity contribution in [3.8, 4) is 9.88 Å². The fourth-order valence-electron chi connectivity index (χ4n) is 2.68. The first-order chi connectivity index (χ1) is 14.6. The lowest BCUT2D eigenvalue weighted by molar-refractivity contribution is -0.146. The lowest BCUT2D eigenvalue weighted by atomic mass is 10.2.